The first-order chi connectivity index (χ1) is 11.2. The van der Waals surface area contributed by atoms with Crippen molar-refractivity contribution in [2.24, 2.45) is 10.9 Å². The first kappa shape index (κ1) is 18.5. The highest BCUT2D eigenvalue weighted by atomic mass is 16.5. The second-order valence-corrected chi connectivity index (χ2v) is 6.91. The number of hydrogen-bond donors (Lipinski definition) is 1. The van der Waals surface area contributed by atoms with Crippen molar-refractivity contribution in [1.82, 2.24) is 15.1 Å². The summed E-state index contributed by atoms with van der Waals surface area (Å²) >= 11 is 0. The van der Waals surface area contributed by atoms with E-state index >= 15 is 0 Å². The lowest BCUT2D eigenvalue weighted by atomic mass is 10.1. The van der Waals surface area contributed by atoms with E-state index in [0.29, 0.717) is 5.92 Å². The molecule has 1 atom stereocenters. The van der Waals surface area contributed by atoms with Crippen LogP contribution in [0.3, 0.4) is 0 Å². The third kappa shape index (κ3) is 5.96. The predicted octanol–water partition coefficient (Wildman–Crippen LogP) is 2.18. The van der Waals surface area contributed by atoms with Crippen LogP contribution in [0.2, 0.25) is 0 Å². The molecule has 2 aliphatic rings. The summed E-state index contributed by atoms with van der Waals surface area (Å²) < 4.78 is 5.58. The number of hydrogen-bond acceptors (Lipinski definition) is 3. The minimum Gasteiger partial charge on any atom is -0.381 e. The molecule has 0 aromatic carbocycles. The molecular weight excluding hydrogens is 288 g/mol. The number of aliphatic imine (C=N–C) groups is 1. The summed E-state index contributed by atoms with van der Waals surface area (Å²) in [5, 5.41) is 3.46. The summed E-state index contributed by atoms with van der Waals surface area (Å²) in [5.74, 6) is 1.74. The quantitative estimate of drug-likeness (QED) is 0.549. The van der Waals surface area contributed by atoms with Crippen LogP contribution in [-0.2, 0) is 4.74 Å². The van der Waals surface area contributed by atoms with Crippen molar-refractivity contribution in [2.45, 2.75) is 52.0 Å². The molecule has 1 saturated heterocycles. The Balaban J connectivity index is 1.78. The Morgan fingerprint density at radius 1 is 1.26 bits per heavy atom. The molecule has 1 aliphatic heterocycles. The Hall–Kier alpha value is -0.810. The van der Waals surface area contributed by atoms with E-state index in [1.807, 2.05) is 0 Å². The lowest BCUT2D eigenvalue weighted by molar-refractivity contribution is 0.114. The van der Waals surface area contributed by atoms with Crippen molar-refractivity contribution in [1.29, 1.82) is 0 Å². The molecule has 5 nitrogen and oxygen atoms in total. The van der Waals surface area contributed by atoms with Crippen LogP contribution in [0.4, 0.5) is 0 Å². The SMILES string of the molecule is CCNC(=NCCN(C)C1CCCC1)N1CCC(COCC)C1. The van der Waals surface area contributed by atoms with Crippen molar-refractivity contribution >= 4 is 5.96 Å². The fraction of sp³-hybridized carbons (Fsp3) is 0.944. The third-order valence-corrected chi connectivity index (χ3v) is 5.14. The van der Waals surface area contributed by atoms with Gasteiger partial charge in [0.05, 0.1) is 13.2 Å². The van der Waals surface area contributed by atoms with Gasteiger partial charge in [0.15, 0.2) is 5.96 Å². The van der Waals surface area contributed by atoms with Gasteiger partial charge in [-0.25, -0.2) is 0 Å². The second kappa shape index (κ2) is 10.1. The van der Waals surface area contributed by atoms with Crippen molar-refractivity contribution in [3.63, 3.8) is 0 Å². The average Bonchev–Trinajstić information content (AvgIpc) is 3.23. The van der Waals surface area contributed by atoms with Crippen LogP contribution >= 0.6 is 0 Å². The number of rotatable bonds is 8. The van der Waals surface area contributed by atoms with Crippen LogP contribution in [0.15, 0.2) is 4.99 Å². The molecule has 0 bridgehead atoms. The largest absolute Gasteiger partial charge is 0.381 e. The van der Waals surface area contributed by atoms with E-state index in [1.165, 1.54) is 32.1 Å². The lowest BCUT2D eigenvalue weighted by Gasteiger charge is -2.24. The third-order valence-electron chi connectivity index (χ3n) is 5.14. The first-order valence-electron chi connectivity index (χ1n) is 9.55. The molecule has 1 N–H and O–H groups in total. The van der Waals surface area contributed by atoms with Gasteiger partial charge < -0.3 is 19.9 Å². The van der Waals surface area contributed by atoms with E-state index in [2.05, 4.69) is 36.0 Å². The molecule has 1 unspecified atom stereocenters. The Morgan fingerprint density at radius 3 is 2.74 bits per heavy atom. The van der Waals surface area contributed by atoms with Gasteiger partial charge in [-0.15, -0.1) is 0 Å². The van der Waals surface area contributed by atoms with Crippen LogP contribution in [0.5, 0.6) is 0 Å². The van der Waals surface area contributed by atoms with Gasteiger partial charge in [-0.3, -0.25) is 4.99 Å². The standard InChI is InChI=1S/C18H36N4O/c1-4-19-18(22-12-10-16(14-22)15-23-5-2)20-11-13-21(3)17-8-6-7-9-17/h16-17H,4-15H2,1-3H3,(H,19,20). The zero-order valence-electron chi connectivity index (χ0n) is 15.4. The molecule has 1 aliphatic carbocycles. The molecule has 23 heavy (non-hydrogen) atoms. The number of nitrogens with one attached hydrogen (secondary N) is 1. The summed E-state index contributed by atoms with van der Waals surface area (Å²) in [4.78, 5) is 9.78. The summed E-state index contributed by atoms with van der Waals surface area (Å²) in [6, 6.07) is 0.787. The van der Waals surface area contributed by atoms with Gasteiger partial charge in [-0.05, 0) is 40.2 Å². The number of nitrogens with zero attached hydrogens (tertiary/aromatic N) is 3. The molecule has 5 heteroatoms. The van der Waals surface area contributed by atoms with E-state index in [-0.39, 0.29) is 0 Å². The van der Waals surface area contributed by atoms with E-state index in [0.717, 1.165) is 57.9 Å². The Labute approximate surface area is 142 Å². The molecule has 1 heterocycles. The second-order valence-electron chi connectivity index (χ2n) is 6.91. The van der Waals surface area contributed by atoms with Gasteiger partial charge in [-0.1, -0.05) is 12.8 Å². The zero-order chi connectivity index (χ0) is 16.5. The normalized spacial score (nSPS) is 23.2. The average molecular weight is 325 g/mol. The van der Waals surface area contributed by atoms with Gasteiger partial charge in [0.25, 0.3) is 0 Å². The highest BCUT2D eigenvalue weighted by molar-refractivity contribution is 5.80. The maximum absolute atomic E-state index is 5.58. The highest BCUT2D eigenvalue weighted by Crippen LogP contribution is 2.22. The minimum atomic E-state index is 0.653. The summed E-state index contributed by atoms with van der Waals surface area (Å²) in [6.07, 6.45) is 6.75. The molecule has 0 radical (unpaired) electrons. The lowest BCUT2D eigenvalue weighted by Crippen LogP contribution is -2.41. The Bertz CT molecular complexity index is 355. The summed E-state index contributed by atoms with van der Waals surface area (Å²) in [6.45, 7) is 11.0. The van der Waals surface area contributed by atoms with Crippen molar-refractivity contribution in [3.05, 3.63) is 0 Å². The summed E-state index contributed by atoms with van der Waals surface area (Å²) in [5.41, 5.74) is 0. The van der Waals surface area contributed by atoms with E-state index in [1.54, 1.807) is 0 Å². The van der Waals surface area contributed by atoms with E-state index < -0.39 is 0 Å². The van der Waals surface area contributed by atoms with Crippen LogP contribution in [0, 0.1) is 5.92 Å². The maximum Gasteiger partial charge on any atom is 0.193 e. The molecule has 2 fully saturated rings. The van der Waals surface area contributed by atoms with Crippen LogP contribution in [0.1, 0.15) is 46.0 Å². The van der Waals surface area contributed by atoms with E-state index in [9.17, 15) is 0 Å². The fourth-order valence-electron chi connectivity index (χ4n) is 3.71. The molecule has 134 valence electrons. The number of guanidine groups is 1. The van der Waals surface area contributed by atoms with Gasteiger partial charge >= 0.3 is 0 Å². The van der Waals surface area contributed by atoms with Crippen LogP contribution in [0.25, 0.3) is 0 Å². The maximum atomic E-state index is 5.58. The molecule has 1 saturated carbocycles. The highest BCUT2D eigenvalue weighted by Gasteiger charge is 2.25. The van der Waals surface area contributed by atoms with Gasteiger partial charge in [0.1, 0.15) is 0 Å². The number of likely N-dealkylation sites (tertiary alicyclic amines) is 1. The Morgan fingerprint density at radius 2 is 2.04 bits per heavy atom. The number of ether oxygens (including phenoxy) is 1. The molecule has 0 amide bonds. The zero-order valence-corrected chi connectivity index (χ0v) is 15.4. The van der Waals surface area contributed by atoms with Gasteiger partial charge in [0.2, 0.25) is 0 Å². The number of likely N-dealkylation sites (N-methyl/N-ethyl adjacent to an activating group) is 1. The first-order valence-corrected chi connectivity index (χ1v) is 9.55. The Kier molecular flexibility index (Phi) is 8.17. The van der Waals surface area contributed by atoms with Gasteiger partial charge in [0, 0.05) is 44.7 Å². The summed E-state index contributed by atoms with van der Waals surface area (Å²) in [7, 11) is 2.26. The van der Waals surface area contributed by atoms with Crippen molar-refractivity contribution < 1.29 is 4.74 Å². The van der Waals surface area contributed by atoms with E-state index in [4.69, 9.17) is 9.73 Å². The molecule has 0 aromatic heterocycles. The molecule has 0 aromatic rings. The van der Waals surface area contributed by atoms with Crippen molar-refractivity contribution in [3.8, 4) is 0 Å². The van der Waals surface area contributed by atoms with Crippen LogP contribution < -0.4 is 5.32 Å². The molecular formula is C18H36N4O. The molecule has 0 spiro atoms. The van der Waals surface area contributed by atoms with Crippen molar-refractivity contribution in [2.75, 3.05) is 53.0 Å². The minimum absolute atomic E-state index is 0.653. The fourth-order valence-corrected chi connectivity index (χ4v) is 3.71. The predicted molar refractivity (Wildman–Crippen MR) is 97.0 cm³/mol. The van der Waals surface area contributed by atoms with Crippen LogP contribution in [-0.4, -0.2) is 74.8 Å². The topological polar surface area (TPSA) is 40.1 Å². The smallest absolute Gasteiger partial charge is 0.193 e. The van der Waals surface area contributed by atoms with Gasteiger partial charge in [-0.2, -0.15) is 0 Å². The molecule has 2 rings (SSSR count). The monoisotopic (exact) mass is 324 g/mol.